The molecule has 31 heavy (non-hydrogen) atoms. The van der Waals surface area contributed by atoms with Crippen LogP contribution in [0.15, 0.2) is 0 Å². The van der Waals surface area contributed by atoms with Crippen molar-refractivity contribution in [3.63, 3.8) is 0 Å². The first-order valence-corrected chi connectivity index (χ1v) is 10.4. The molecule has 0 radical (unpaired) electrons. The Morgan fingerprint density at radius 1 is 1.06 bits per heavy atom. The van der Waals surface area contributed by atoms with Crippen molar-refractivity contribution < 1.29 is 31.9 Å². The Labute approximate surface area is 180 Å². The summed E-state index contributed by atoms with van der Waals surface area (Å²) in [4.78, 5) is 25.5. The number of nitrogens with two attached hydrogens (primary N) is 1. The van der Waals surface area contributed by atoms with Gasteiger partial charge in [-0.2, -0.15) is 8.78 Å². The zero-order chi connectivity index (χ0) is 23.2. The van der Waals surface area contributed by atoms with E-state index in [0.717, 1.165) is 29.7 Å². The minimum Gasteiger partial charge on any atom is -0.491 e. The molecule has 0 aliphatic heterocycles. The lowest BCUT2D eigenvalue weighted by molar-refractivity contribution is 0.1000. The second kappa shape index (κ2) is 8.14. The van der Waals surface area contributed by atoms with Crippen LogP contribution in [0.2, 0.25) is 0 Å². The van der Waals surface area contributed by atoms with Crippen LogP contribution in [0.3, 0.4) is 0 Å². The largest absolute Gasteiger partial charge is 0.491 e. The first-order chi connectivity index (χ1) is 14.4. The van der Waals surface area contributed by atoms with Gasteiger partial charge in [0, 0.05) is 4.88 Å². The number of anilines is 1. The van der Waals surface area contributed by atoms with Crippen molar-refractivity contribution in [3.05, 3.63) is 44.8 Å². The second-order valence-electron chi connectivity index (χ2n) is 8.50. The maximum absolute atomic E-state index is 14.3. The van der Waals surface area contributed by atoms with Gasteiger partial charge in [0.2, 0.25) is 11.6 Å². The van der Waals surface area contributed by atoms with Gasteiger partial charge < -0.3 is 15.8 Å². The number of benzene rings is 1. The fourth-order valence-electron chi connectivity index (χ4n) is 3.83. The molecular formula is C21H22F4N2O3S. The number of methoxy groups -OCH3 is 1. The number of primary amides is 1. The third kappa shape index (κ3) is 4.00. The molecule has 0 bridgehead atoms. The van der Waals surface area contributed by atoms with E-state index >= 15 is 0 Å². The molecule has 3 rings (SSSR count). The molecule has 168 valence electrons. The molecule has 10 heteroatoms. The molecule has 2 aromatic rings. The van der Waals surface area contributed by atoms with E-state index in [9.17, 15) is 27.2 Å². The normalized spacial score (nSPS) is 16.1. The molecule has 1 aromatic carbocycles. The summed E-state index contributed by atoms with van der Waals surface area (Å²) in [6.07, 6.45) is 2.00. The van der Waals surface area contributed by atoms with Gasteiger partial charge in [-0.3, -0.25) is 9.59 Å². The molecule has 5 nitrogen and oxygen atoms in total. The van der Waals surface area contributed by atoms with Crippen LogP contribution in [0.1, 0.15) is 58.3 Å². The molecule has 1 atom stereocenters. The molecule has 0 spiro atoms. The van der Waals surface area contributed by atoms with Crippen molar-refractivity contribution in [1.29, 1.82) is 0 Å². The van der Waals surface area contributed by atoms with Gasteiger partial charge in [0.15, 0.2) is 17.4 Å². The summed E-state index contributed by atoms with van der Waals surface area (Å²) in [5.41, 5.74) is 4.79. The summed E-state index contributed by atoms with van der Waals surface area (Å²) in [7, 11) is 0.834. The van der Waals surface area contributed by atoms with Gasteiger partial charge in [0.25, 0.3) is 11.8 Å². The Bertz CT molecular complexity index is 1050. The van der Waals surface area contributed by atoms with Crippen LogP contribution >= 0.6 is 11.3 Å². The zero-order valence-corrected chi connectivity index (χ0v) is 18.2. The predicted octanol–water partition coefficient (Wildman–Crippen LogP) is 4.82. The smallest absolute Gasteiger partial charge is 0.262 e. The number of carbonyl (C=O) groups excluding carboxylic acids is 2. The Balaban J connectivity index is 2.02. The van der Waals surface area contributed by atoms with E-state index in [0.29, 0.717) is 24.3 Å². The average Bonchev–Trinajstić information content (AvgIpc) is 3.03. The van der Waals surface area contributed by atoms with Crippen molar-refractivity contribution in [1.82, 2.24) is 0 Å². The van der Waals surface area contributed by atoms with Gasteiger partial charge >= 0.3 is 0 Å². The molecule has 2 amide bonds. The summed E-state index contributed by atoms with van der Waals surface area (Å²) in [6.45, 7) is 6.31. The van der Waals surface area contributed by atoms with Gasteiger partial charge in [-0.05, 0) is 36.2 Å². The first-order valence-electron chi connectivity index (χ1n) is 9.54. The van der Waals surface area contributed by atoms with E-state index in [-0.39, 0.29) is 16.0 Å². The zero-order valence-electron chi connectivity index (χ0n) is 17.4. The summed E-state index contributed by atoms with van der Waals surface area (Å²) >= 11 is 1.07. The number of fused-ring (bicyclic) bond motifs is 1. The molecular weight excluding hydrogens is 436 g/mol. The monoisotopic (exact) mass is 458 g/mol. The van der Waals surface area contributed by atoms with Crippen LogP contribution in [0.25, 0.3) is 0 Å². The molecule has 1 aromatic heterocycles. The van der Waals surface area contributed by atoms with Crippen LogP contribution in [0, 0.1) is 34.6 Å². The maximum Gasteiger partial charge on any atom is 0.262 e. The van der Waals surface area contributed by atoms with E-state index in [4.69, 9.17) is 5.73 Å². The second-order valence-corrected chi connectivity index (χ2v) is 9.60. The van der Waals surface area contributed by atoms with Crippen molar-refractivity contribution in [2.24, 2.45) is 17.1 Å². The Hall–Kier alpha value is -2.62. The number of carbonyl (C=O) groups is 2. The van der Waals surface area contributed by atoms with E-state index in [1.54, 1.807) is 0 Å². The van der Waals surface area contributed by atoms with Crippen LogP contribution in [0.4, 0.5) is 22.6 Å². The van der Waals surface area contributed by atoms with Crippen molar-refractivity contribution in [2.75, 3.05) is 12.4 Å². The Morgan fingerprint density at radius 3 is 2.13 bits per heavy atom. The number of hydrogen-bond donors (Lipinski definition) is 2. The fraction of sp³-hybridized carbons (Fsp3) is 0.429. The molecule has 1 aliphatic rings. The van der Waals surface area contributed by atoms with Gasteiger partial charge in [0.05, 0.1) is 12.7 Å². The first kappa shape index (κ1) is 23.1. The van der Waals surface area contributed by atoms with Crippen LogP contribution in [0.5, 0.6) is 5.75 Å². The summed E-state index contributed by atoms with van der Waals surface area (Å²) < 4.78 is 60.9. The van der Waals surface area contributed by atoms with Crippen LogP contribution in [-0.4, -0.2) is 18.9 Å². The number of halogens is 4. The lowest BCUT2D eigenvalue weighted by atomic mass is 9.72. The average molecular weight is 458 g/mol. The quantitative estimate of drug-likeness (QED) is 0.509. The Morgan fingerprint density at radius 2 is 1.65 bits per heavy atom. The number of amides is 2. The third-order valence-electron chi connectivity index (χ3n) is 5.62. The minimum absolute atomic E-state index is 0.00695. The number of ether oxygens (including phenoxy) is 1. The van der Waals surface area contributed by atoms with Crippen molar-refractivity contribution >= 4 is 28.2 Å². The highest BCUT2D eigenvalue weighted by Gasteiger charge is 2.35. The topological polar surface area (TPSA) is 81.4 Å². The lowest BCUT2D eigenvalue weighted by Gasteiger charge is -2.33. The SMILES string of the molecule is COc1c(F)c(F)c(C(=O)Nc2sc3c(c2C(N)=O)CCC(C(C)(C)C)C3)c(F)c1F. The minimum atomic E-state index is -1.90. The number of thiophene rings is 1. The lowest BCUT2D eigenvalue weighted by Crippen LogP contribution is -2.27. The maximum atomic E-state index is 14.3. The van der Waals surface area contributed by atoms with Gasteiger partial charge in [0.1, 0.15) is 10.6 Å². The number of rotatable bonds is 4. The van der Waals surface area contributed by atoms with Gasteiger partial charge in [-0.15, -0.1) is 11.3 Å². The van der Waals surface area contributed by atoms with Crippen LogP contribution < -0.4 is 15.8 Å². The van der Waals surface area contributed by atoms with Crippen molar-refractivity contribution in [3.8, 4) is 5.75 Å². The highest BCUT2D eigenvalue weighted by molar-refractivity contribution is 7.17. The van der Waals surface area contributed by atoms with E-state index < -0.39 is 46.4 Å². The standard InChI is InChI=1S/C21H22F4N2O3S/c1-21(2,3)8-5-6-9-10(7-8)31-20(11(9)18(26)28)27-19(29)12-13(22)15(24)17(30-4)16(25)14(12)23/h8H,5-7H2,1-4H3,(H2,26,28)(H,27,29). The molecule has 1 aliphatic carbocycles. The highest BCUT2D eigenvalue weighted by atomic mass is 32.1. The molecule has 0 saturated heterocycles. The van der Waals surface area contributed by atoms with Gasteiger partial charge in [-0.25, -0.2) is 8.78 Å². The van der Waals surface area contributed by atoms with E-state index in [1.807, 2.05) is 0 Å². The summed E-state index contributed by atoms with van der Waals surface area (Å²) in [5.74, 6) is -10.7. The Kier molecular flexibility index (Phi) is 6.05. The highest BCUT2D eigenvalue weighted by Crippen LogP contribution is 2.44. The molecule has 3 N–H and O–H groups in total. The summed E-state index contributed by atoms with van der Waals surface area (Å²) in [6, 6.07) is 0. The van der Waals surface area contributed by atoms with Gasteiger partial charge in [-0.1, -0.05) is 20.8 Å². The number of hydrogen-bond acceptors (Lipinski definition) is 4. The number of nitrogens with one attached hydrogen (secondary N) is 1. The van der Waals surface area contributed by atoms with E-state index in [1.165, 1.54) is 0 Å². The van der Waals surface area contributed by atoms with E-state index in [2.05, 4.69) is 30.8 Å². The molecule has 0 saturated carbocycles. The summed E-state index contributed by atoms with van der Waals surface area (Å²) in [5, 5.41) is 2.21. The fourth-order valence-corrected chi connectivity index (χ4v) is 5.16. The van der Waals surface area contributed by atoms with Crippen molar-refractivity contribution in [2.45, 2.75) is 40.0 Å². The molecule has 1 heterocycles. The molecule has 1 unspecified atom stereocenters. The third-order valence-corrected chi connectivity index (χ3v) is 6.79. The molecule has 0 fully saturated rings. The van der Waals surface area contributed by atoms with Crippen LogP contribution in [-0.2, 0) is 12.8 Å². The predicted molar refractivity (Wildman–Crippen MR) is 109 cm³/mol.